The first-order valence-corrected chi connectivity index (χ1v) is 6.44. The van der Waals surface area contributed by atoms with Gasteiger partial charge in [-0.2, -0.15) is 5.10 Å². The Morgan fingerprint density at radius 3 is 2.59 bits per heavy atom. The lowest BCUT2D eigenvalue weighted by Crippen LogP contribution is -2.39. The minimum atomic E-state index is -0.866. The Bertz CT molecular complexity index is 545. The summed E-state index contributed by atoms with van der Waals surface area (Å²) in [5, 5.41) is 6.10. The lowest BCUT2D eigenvalue weighted by molar-refractivity contribution is -0.139. The summed E-state index contributed by atoms with van der Waals surface area (Å²) in [6.45, 7) is 0.569. The van der Waals surface area contributed by atoms with E-state index in [1.165, 1.54) is 27.5 Å². The van der Waals surface area contributed by atoms with E-state index in [2.05, 4.69) is 15.8 Å². The number of ether oxygens (including phenoxy) is 3. The number of hydrogen-bond donors (Lipinski definition) is 2. The van der Waals surface area contributed by atoms with Gasteiger partial charge in [0.2, 0.25) is 0 Å². The number of carbonyl (C=O) groups is 2. The Balaban J connectivity index is 2.61. The van der Waals surface area contributed by atoms with E-state index >= 15 is 0 Å². The van der Waals surface area contributed by atoms with Gasteiger partial charge < -0.3 is 19.5 Å². The fraction of sp³-hybridized carbons (Fsp3) is 0.357. The summed E-state index contributed by atoms with van der Waals surface area (Å²) in [5.41, 5.74) is 2.73. The van der Waals surface area contributed by atoms with Crippen molar-refractivity contribution < 1.29 is 23.8 Å². The molecule has 1 rings (SSSR count). The van der Waals surface area contributed by atoms with E-state index < -0.39 is 11.8 Å². The monoisotopic (exact) mass is 309 g/mol. The molecule has 0 aromatic heterocycles. The molecule has 0 saturated carbocycles. The second-order valence-corrected chi connectivity index (χ2v) is 4.06. The average molecular weight is 309 g/mol. The predicted octanol–water partition coefficient (Wildman–Crippen LogP) is -0.0835. The maximum atomic E-state index is 11.5. The zero-order chi connectivity index (χ0) is 16.4. The van der Waals surface area contributed by atoms with E-state index in [-0.39, 0.29) is 6.54 Å². The Kier molecular flexibility index (Phi) is 7.41. The SMILES string of the molecule is COCCNC(=O)C(=O)N/N=C/c1cc(OC)ccc1OC. The fourth-order valence-electron chi connectivity index (χ4n) is 1.50. The first kappa shape index (κ1) is 17.4. The highest BCUT2D eigenvalue weighted by Crippen LogP contribution is 2.22. The molecule has 0 aliphatic heterocycles. The normalized spacial score (nSPS) is 10.3. The molecule has 120 valence electrons. The van der Waals surface area contributed by atoms with E-state index in [1.54, 1.807) is 18.2 Å². The molecule has 8 heteroatoms. The molecule has 1 aromatic rings. The van der Waals surface area contributed by atoms with Gasteiger partial charge in [0.25, 0.3) is 0 Å². The smallest absolute Gasteiger partial charge is 0.329 e. The van der Waals surface area contributed by atoms with Crippen LogP contribution in [0, 0.1) is 0 Å². The summed E-state index contributed by atoms with van der Waals surface area (Å²) in [4.78, 5) is 22.9. The van der Waals surface area contributed by atoms with Crippen LogP contribution in [-0.2, 0) is 14.3 Å². The van der Waals surface area contributed by atoms with Gasteiger partial charge in [-0.05, 0) is 18.2 Å². The van der Waals surface area contributed by atoms with Gasteiger partial charge in [0.05, 0.1) is 27.0 Å². The van der Waals surface area contributed by atoms with Crippen molar-refractivity contribution in [3.63, 3.8) is 0 Å². The molecule has 0 fully saturated rings. The summed E-state index contributed by atoms with van der Waals surface area (Å²) in [7, 11) is 4.55. The lowest BCUT2D eigenvalue weighted by atomic mass is 10.2. The molecule has 2 N–H and O–H groups in total. The molecular weight excluding hydrogens is 290 g/mol. The van der Waals surface area contributed by atoms with E-state index in [4.69, 9.17) is 14.2 Å². The molecule has 8 nitrogen and oxygen atoms in total. The van der Waals surface area contributed by atoms with Gasteiger partial charge in [-0.3, -0.25) is 9.59 Å². The van der Waals surface area contributed by atoms with Crippen LogP contribution in [0.4, 0.5) is 0 Å². The molecule has 0 radical (unpaired) electrons. The molecule has 0 atom stereocenters. The zero-order valence-electron chi connectivity index (χ0n) is 12.7. The van der Waals surface area contributed by atoms with Gasteiger partial charge in [-0.25, -0.2) is 5.43 Å². The molecule has 0 unspecified atom stereocenters. The summed E-state index contributed by atoms with van der Waals surface area (Å²) in [6.07, 6.45) is 1.36. The van der Waals surface area contributed by atoms with Gasteiger partial charge >= 0.3 is 11.8 Å². The molecule has 0 bridgehead atoms. The third-order valence-corrected chi connectivity index (χ3v) is 2.60. The van der Waals surface area contributed by atoms with Crippen molar-refractivity contribution in [2.75, 3.05) is 34.5 Å². The van der Waals surface area contributed by atoms with Crippen LogP contribution >= 0.6 is 0 Å². The fourth-order valence-corrected chi connectivity index (χ4v) is 1.50. The van der Waals surface area contributed by atoms with Crippen LogP contribution in [0.15, 0.2) is 23.3 Å². The van der Waals surface area contributed by atoms with Gasteiger partial charge in [0.1, 0.15) is 11.5 Å². The number of rotatable bonds is 7. The van der Waals surface area contributed by atoms with Crippen LogP contribution < -0.4 is 20.2 Å². The highest BCUT2D eigenvalue weighted by Gasteiger charge is 2.11. The maximum absolute atomic E-state index is 11.5. The van der Waals surface area contributed by atoms with Crippen molar-refractivity contribution in [3.8, 4) is 11.5 Å². The number of benzene rings is 1. The Hall–Kier alpha value is -2.61. The summed E-state index contributed by atoms with van der Waals surface area (Å²) < 4.78 is 15.0. The minimum Gasteiger partial charge on any atom is -0.497 e. The maximum Gasteiger partial charge on any atom is 0.329 e. The second kappa shape index (κ2) is 9.35. The van der Waals surface area contributed by atoms with Crippen LogP contribution in [0.1, 0.15) is 5.56 Å². The zero-order valence-corrected chi connectivity index (χ0v) is 12.7. The lowest BCUT2D eigenvalue weighted by Gasteiger charge is -2.06. The Morgan fingerprint density at radius 2 is 1.95 bits per heavy atom. The number of hydrogen-bond acceptors (Lipinski definition) is 6. The van der Waals surface area contributed by atoms with Gasteiger partial charge in [-0.15, -0.1) is 0 Å². The molecule has 22 heavy (non-hydrogen) atoms. The highest BCUT2D eigenvalue weighted by atomic mass is 16.5. The number of nitrogens with one attached hydrogen (secondary N) is 2. The van der Waals surface area contributed by atoms with E-state index in [0.717, 1.165) is 0 Å². The minimum absolute atomic E-state index is 0.246. The molecule has 0 aliphatic rings. The molecule has 2 amide bonds. The summed E-state index contributed by atoms with van der Waals surface area (Å²) >= 11 is 0. The molecule has 0 saturated heterocycles. The Morgan fingerprint density at radius 1 is 1.18 bits per heavy atom. The number of carbonyl (C=O) groups excluding carboxylic acids is 2. The first-order valence-electron chi connectivity index (χ1n) is 6.44. The van der Waals surface area contributed by atoms with E-state index in [0.29, 0.717) is 23.7 Å². The molecule has 0 aliphatic carbocycles. The van der Waals surface area contributed by atoms with Crippen molar-refractivity contribution in [2.45, 2.75) is 0 Å². The number of hydrazone groups is 1. The Labute approximate surface area is 128 Å². The third-order valence-electron chi connectivity index (χ3n) is 2.60. The topological polar surface area (TPSA) is 98.2 Å². The van der Waals surface area contributed by atoms with Gasteiger partial charge in [-0.1, -0.05) is 0 Å². The van der Waals surface area contributed by atoms with Crippen molar-refractivity contribution in [1.29, 1.82) is 0 Å². The van der Waals surface area contributed by atoms with Crippen molar-refractivity contribution >= 4 is 18.0 Å². The van der Waals surface area contributed by atoms with Crippen LogP contribution in [0.2, 0.25) is 0 Å². The largest absolute Gasteiger partial charge is 0.497 e. The summed E-state index contributed by atoms with van der Waals surface area (Å²) in [6, 6.07) is 5.13. The van der Waals surface area contributed by atoms with Crippen molar-refractivity contribution in [3.05, 3.63) is 23.8 Å². The highest BCUT2D eigenvalue weighted by molar-refractivity contribution is 6.35. The van der Waals surface area contributed by atoms with E-state index in [9.17, 15) is 9.59 Å². The number of nitrogens with zero attached hydrogens (tertiary/aromatic N) is 1. The van der Waals surface area contributed by atoms with Crippen molar-refractivity contribution in [1.82, 2.24) is 10.7 Å². The van der Waals surface area contributed by atoms with Crippen molar-refractivity contribution in [2.24, 2.45) is 5.10 Å². The first-order chi connectivity index (χ1) is 10.6. The number of methoxy groups -OCH3 is 3. The standard InChI is InChI=1S/C14H19N3O5/c1-20-7-6-15-13(18)14(19)17-16-9-10-8-11(21-2)4-5-12(10)22-3/h4-5,8-9H,6-7H2,1-3H3,(H,15,18)(H,17,19)/b16-9+. The third kappa shape index (κ3) is 5.41. The van der Waals surface area contributed by atoms with E-state index in [1.807, 2.05) is 0 Å². The van der Waals surface area contributed by atoms with Crippen LogP contribution in [0.25, 0.3) is 0 Å². The molecule has 0 spiro atoms. The molecule has 1 aromatic carbocycles. The van der Waals surface area contributed by atoms with Gasteiger partial charge in [0, 0.05) is 19.2 Å². The van der Waals surface area contributed by atoms with Gasteiger partial charge in [0.15, 0.2) is 0 Å². The average Bonchev–Trinajstić information content (AvgIpc) is 2.54. The van der Waals surface area contributed by atoms with Crippen LogP contribution in [0.3, 0.4) is 0 Å². The van der Waals surface area contributed by atoms with Crippen LogP contribution in [-0.4, -0.2) is 52.5 Å². The quantitative estimate of drug-likeness (QED) is 0.318. The van der Waals surface area contributed by atoms with Crippen LogP contribution in [0.5, 0.6) is 11.5 Å². The molecule has 0 heterocycles. The molecular formula is C14H19N3O5. The predicted molar refractivity (Wildman–Crippen MR) is 80.2 cm³/mol. The second-order valence-electron chi connectivity index (χ2n) is 4.06. The summed E-state index contributed by atoms with van der Waals surface area (Å²) in [5.74, 6) is -0.477. The number of amides is 2.